The van der Waals surface area contributed by atoms with Gasteiger partial charge in [0, 0.05) is 13.1 Å². The molecule has 0 amide bonds. The molecule has 0 atom stereocenters. The zero-order valence-corrected chi connectivity index (χ0v) is 11.1. The van der Waals surface area contributed by atoms with Crippen LogP contribution in [0.15, 0.2) is 29.2 Å². The average molecular weight is 257 g/mol. The lowest BCUT2D eigenvalue weighted by molar-refractivity contribution is 0.281. The summed E-state index contributed by atoms with van der Waals surface area (Å²) < 4.78 is 25.9. The third-order valence-corrected chi connectivity index (χ3v) is 4.56. The number of hydrogen-bond acceptors (Lipinski definition) is 3. The van der Waals surface area contributed by atoms with Crippen molar-refractivity contribution in [3.63, 3.8) is 0 Å². The van der Waals surface area contributed by atoms with E-state index in [9.17, 15) is 8.42 Å². The highest BCUT2D eigenvalue weighted by molar-refractivity contribution is 7.89. The Labute approximate surface area is 103 Å². The van der Waals surface area contributed by atoms with Crippen LogP contribution in [0.1, 0.15) is 25.8 Å². The number of hydrogen-bond donors (Lipinski definition) is 1. The van der Waals surface area contributed by atoms with Crippen molar-refractivity contribution in [2.24, 2.45) is 0 Å². The molecule has 0 aliphatic rings. The van der Waals surface area contributed by atoms with Crippen LogP contribution < -0.4 is 0 Å². The number of nitrogens with zero attached hydrogens (tertiary/aromatic N) is 1. The van der Waals surface area contributed by atoms with E-state index in [1.807, 2.05) is 13.8 Å². The Hall–Kier alpha value is -0.910. The zero-order valence-electron chi connectivity index (χ0n) is 10.3. The molecule has 17 heavy (non-hydrogen) atoms. The normalized spacial score (nSPS) is 12.0. The Bertz CT molecular complexity index is 439. The van der Waals surface area contributed by atoms with Crippen LogP contribution in [-0.4, -0.2) is 30.9 Å². The lowest BCUT2D eigenvalue weighted by atomic mass is 10.2. The van der Waals surface area contributed by atoms with Gasteiger partial charge in [0.25, 0.3) is 0 Å². The van der Waals surface area contributed by atoms with Crippen molar-refractivity contribution in [2.75, 3.05) is 13.1 Å². The highest BCUT2D eigenvalue weighted by Gasteiger charge is 2.21. The van der Waals surface area contributed by atoms with Gasteiger partial charge in [-0.25, -0.2) is 8.42 Å². The fraction of sp³-hybridized carbons (Fsp3) is 0.500. The first-order valence-electron chi connectivity index (χ1n) is 5.76. The van der Waals surface area contributed by atoms with Gasteiger partial charge in [0.05, 0.1) is 11.5 Å². The van der Waals surface area contributed by atoms with Gasteiger partial charge in [-0.15, -0.1) is 0 Å². The lowest BCUT2D eigenvalue weighted by Crippen LogP contribution is -2.31. The van der Waals surface area contributed by atoms with Gasteiger partial charge in [-0.05, 0) is 24.1 Å². The summed E-state index contributed by atoms with van der Waals surface area (Å²) in [7, 11) is -3.39. The van der Waals surface area contributed by atoms with E-state index in [0.29, 0.717) is 18.7 Å². The minimum atomic E-state index is -3.39. The second-order valence-electron chi connectivity index (χ2n) is 3.80. The van der Waals surface area contributed by atoms with Crippen LogP contribution in [0.3, 0.4) is 0 Å². The van der Waals surface area contributed by atoms with Crippen molar-refractivity contribution in [2.45, 2.75) is 31.8 Å². The molecule has 0 saturated carbocycles. The van der Waals surface area contributed by atoms with E-state index in [2.05, 4.69) is 0 Å². The van der Waals surface area contributed by atoms with E-state index < -0.39 is 10.0 Å². The van der Waals surface area contributed by atoms with Gasteiger partial charge < -0.3 is 5.11 Å². The maximum Gasteiger partial charge on any atom is 0.243 e. The van der Waals surface area contributed by atoms with Crippen LogP contribution in [0.2, 0.25) is 0 Å². The van der Waals surface area contributed by atoms with Crippen LogP contribution in [-0.2, 0) is 16.6 Å². The monoisotopic (exact) mass is 257 g/mol. The molecular weight excluding hydrogens is 238 g/mol. The van der Waals surface area contributed by atoms with Gasteiger partial charge >= 0.3 is 0 Å². The smallest absolute Gasteiger partial charge is 0.243 e. The van der Waals surface area contributed by atoms with Gasteiger partial charge in [-0.3, -0.25) is 0 Å². The molecule has 96 valence electrons. The zero-order chi connectivity index (χ0) is 12.9. The number of rotatable bonds is 6. The summed E-state index contributed by atoms with van der Waals surface area (Å²) in [5.74, 6) is 0. The maximum absolute atomic E-state index is 12.2. The van der Waals surface area contributed by atoms with Crippen molar-refractivity contribution in [3.8, 4) is 0 Å². The molecule has 1 N–H and O–H groups in total. The van der Waals surface area contributed by atoms with Crippen LogP contribution in [0.25, 0.3) is 0 Å². The quantitative estimate of drug-likeness (QED) is 0.842. The molecule has 0 bridgehead atoms. The Morgan fingerprint density at radius 1 is 1.18 bits per heavy atom. The summed E-state index contributed by atoms with van der Waals surface area (Å²) >= 11 is 0. The molecule has 1 aromatic carbocycles. The van der Waals surface area contributed by atoms with Crippen molar-refractivity contribution < 1.29 is 13.5 Å². The Morgan fingerprint density at radius 3 is 2.18 bits per heavy atom. The molecule has 0 fully saturated rings. The average Bonchev–Trinajstić information content (AvgIpc) is 2.35. The maximum atomic E-state index is 12.2. The van der Waals surface area contributed by atoms with Gasteiger partial charge in [0.15, 0.2) is 0 Å². The lowest BCUT2D eigenvalue weighted by Gasteiger charge is -2.19. The largest absolute Gasteiger partial charge is 0.392 e. The fourth-order valence-corrected chi connectivity index (χ4v) is 3.15. The van der Waals surface area contributed by atoms with Crippen molar-refractivity contribution in [1.82, 2.24) is 4.31 Å². The van der Waals surface area contributed by atoms with Crippen LogP contribution in [0, 0.1) is 0 Å². The first-order chi connectivity index (χ1) is 8.06. The number of benzene rings is 1. The summed E-state index contributed by atoms with van der Waals surface area (Å²) in [4.78, 5) is 0.282. The fourth-order valence-electron chi connectivity index (χ4n) is 1.61. The number of aliphatic hydroxyl groups excluding tert-OH is 1. The minimum Gasteiger partial charge on any atom is -0.392 e. The second kappa shape index (κ2) is 6.14. The molecule has 0 heterocycles. The molecule has 0 aromatic heterocycles. The third kappa shape index (κ3) is 3.28. The molecule has 0 radical (unpaired) electrons. The van der Waals surface area contributed by atoms with Crippen molar-refractivity contribution in [3.05, 3.63) is 29.8 Å². The highest BCUT2D eigenvalue weighted by atomic mass is 32.2. The van der Waals surface area contributed by atoms with E-state index in [0.717, 1.165) is 6.42 Å². The van der Waals surface area contributed by atoms with Crippen LogP contribution in [0.4, 0.5) is 0 Å². The third-order valence-electron chi connectivity index (χ3n) is 2.57. The van der Waals surface area contributed by atoms with Gasteiger partial charge in [0.2, 0.25) is 10.0 Å². The molecule has 0 saturated heterocycles. The summed E-state index contributed by atoms with van der Waals surface area (Å²) in [6, 6.07) is 6.34. The number of sulfonamides is 1. The topological polar surface area (TPSA) is 57.6 Å². The molecule has 0 aliphatic heterocycles. The summed E-state index contributed by atoms with van der Waals surface area (Å²) in [6.07, 6.45) is 0.793. The molecule has 0 unspecified atom stereocenters. The highest BCUT2D eigenvalue weighted by Crippen LogP contribution is 2.16. The Morgan fingerprint density at radius 2 is 1.76 bits per heavy atom. The molecule has 1 rings (SSSR count). The standard InChI is InChI=1S/C12H19NO3S/c1-3-9-13(4-2)17(15,16)12-7-5-11(10-14)6-8-12/h5-8,14H,3-4,9-10H2,1-2H3. The Balaban J connectivity index is 3.02. The summed E-state index contributed by atoms with van der Waals surface area (Å²) in [5.41, 5.74) is 0.711. The molecular formula is C12H19NO3S. The number of aliphatic hydroxyl groups is 1. The predicted molar refractivity (Wildman–Crippen MR) is 67.1 cm³/mol. The van der Waals surface area contributed by atoms with Crippen LogP contribution >= 0.6 is 0 Å². The van der Waals surface area contributed by atoms with Crippen molar-refractivity contribution >= 4 is 10.0 Å². The molecule has 0 aliphatic carbocycles. The Kier molecular flexibility index (Phi) is 5.11. The predicted octanol–water partition coefficient (Wildman–Crippen LogP) is 1.60. The molecule has 0 spiro atoms. The molecule has 5 heteroatoms. The van der Waals surface area contributed by atoms with E-state index in [1.165, 1.54) is 4.31 Å². The first-order valence-corrected chi connectivity index (χ1v) is 7.20. The van der Waals surface area contributed by atoms with E-state index >= 15 is 0 Å². The van der Waals surface area contributed by atoms with Crippen molar-refractivity contribution in [1.29, 1.82) is 0 Å². The van der Waals surface area contributed by atoms with E-state index in [4.69, 9.17) is 5.11 Å². The second-order valence-corrected chi connectivity index (χ2v) is 5.74. The van der Waals surface area contributed by atoms with E-state index in [-0.39, 0.29) is 11.5 Å². The van der Waals surface area contributed by atoms with Crippen LogP contribution in [0.5, 0.6) is 0 Å². The van der Waals surface area contributed by atoms with Gasteiger partial charge in [-0.1, -0.05) is 26.0 Å². The van der Waals surface area contributed by atoms with Gasteiger partial charge in [0.1, 0.15) is 0 Å². The van der Waals surface area contributed by atoms with E-state index in [1.54, 1.807) is 24.3 Å². The molecule has 1 aromatic rings. The first kappa shape index (κ1) is 14.2. The summed E-state index contributed by atoms with van der Waals surface area (Å²) in [6.45, 7) is 4.70. The minimum absolute atomic E-state index is 0.0766. The SMILES string of the molecule is CCCN(CC)S(=O)(=O)c1ccc(CO)cc1. The summed E-state index contributed by atoms with van der Waals surface area (Å²) in [5, 5.41) is 8.91. The van der Waals surface area contributed by atoms with Gasteiger partial charge in [-0.2, -0.15) is 4.31 Å². The molecule has 4 nitrogen and oxygen atoms in total.